The predicted octanol–water partition coefficient (Wildman–Crippen LogP) is 0.0961. The van der Waals surface area contributed by atoms with E-state index in [1.165, 1.54) is 13.8 Å². The van der Waals surface area contributed by atoms with Gasteiger partial charge in [-0.25, -0.2) is 8.42 Å². The van der Waals surface area contributed by atoms with Gasteiger partial charge in [0.25, 0.3) is 10.0 Å². The Bertz CT molecular complexity index is 411. The number of rotatable bonds is 5. The van der Waals surface area contributed by atoms with E-state index in [2.05, 4.69) is 0 Å². The molecule has 0 fully saturated rings. The zero-order chi connectivity index (χ0) is 12.5. The molecule has 15 heavy (non-hydrogen) atoms. The van der Waals surface area contributed by atoms with E-state index in [9.17, 15) is 25.6 Å². The van der Waals surface area contributed by atoms with E-state index in [1.807, 2.05) is 0 Å². The van der Waals surface area contributed by atoms with Crippen molar-refractivity contribution < 1.29 is 30.2 Å². The van der Waals surface area contributed by atoms with E-state index in [0.29, 0.717) is 0 Å². The van der Waals surface area contributed by atoms with Crippen LogP contribution in [0.2, 0.25) is 0 Å². The molecule has 0 unspecified atom stereocenters. The summed E-state index contributed by atoms with van der Waals surface area (Å²) in [5.74, 6) is 0. The van der Waals surface area contributed by atoms with Crippen molar-refractivity contribution in [2.75, 3.05) is 13.1 Å². The average Bonchev–Trinajstić information content (AvgIpc) is 2.03. The van der Waals surface area contributed by atoms with Gasteiger partial charge in [0.1, 0.15) is 0 Å². The molecule has 0 heterocycles. The Morgan fingerprint density at radius 1 is 1.13 bits per heavy atom. The van der Waals surface area contributed by atoms with Crippen molar-refractivity contribution in [1.82, 2.24) is 4.31 Å². The van der Waals surface area contributed by atoms with Crippen LogP contribution in [0.1, 0.15) is 13.8 Å². The van der Waals surface area contributed by atoms with E-state index in [4.69, 9.17) is 4.55 Å². The lowest BCUT2D eigenvalue weighted by atomic mass is 10.7. The highest BCUT2D eigenvalue weighted by molar-refractivity contribution is 8.06. The van der Waals surface area contributed by atoms with Gasteiger partial charge in [-0.05, 0) is 0 Å². The van der Waals surface area contributed by atoms with Crippen molar-refractivity contribution in [3.8, 4) is 0 Å². The number of hydrogen-bond acceptors (Lipinski definition) is 4. The molecule has 0 bridgehead atoms. The van der Waals surface area contributed by atoms with Crippen molar-refractivity contribution in [2.24, 2.45) is 0 Å². The minimum Gasteiger partial charge on any atom is -0.280 e. The Morgan fingerprint density at radius 2 is 1.47 bits per heavy atom. The monoisotopic (exact) mass is 267 g/mol. The lowest BCUT2D eigenvalue weighted by Gasteiger charge is -2.22. The maximum absolute atomic E-state index is 12.9. The summed E-state index contributed by atoms with van der Waals surface area (Å²) in [4.78, 5) is 0. The molecule has 0 aliphatic rings. The van der Waals surface area contributed by atoms with E-state index in [0.717, 1.165) is 0 Å². The second-order valence-electron chi connectivity index (χ2n) is 2.53. The first-order valence-electron chi connectivity index (χ1n) is 3.86. The van der Waals surface area contributed by atoms with Crippen LogP contribution < -0.4 is 0 Å². The highest BCUT2D eigenvalue weighted by Gasteiger charge is 2.59. The first-order valence-corrected chi connectivity index (χ1v) is 6.74. The van der Waals surface area contributed by atoms with Crippen molar-refractivity contribution in [2.45, 2.75) is 18.4 Å². The van der Waals surface area contributed by atoms with Crippen molar-refractivity contribution >= 4 is 20.1 Å². The lowest BCUT2D eigenvalue weighted by molar-refractivity contribution is 0.156. The smallest absolute Gasteiger partial charge is 0.280 e. The fourth-order valence-electron chi connectivity index (χ4n) is 0.847. The van der Waals surface area contributed by atoms with Gasteiger partial charge in [-0.15, -0.1) is 0 Å². The molecule has 0 aliphatic carbocycles. The minimum absolute atomic E-state index is 0.251. The standard InChI is InChI=1S/C5H11F2NO5S2/c1-3-8(4-2)14(9,10)5(6,7)15(11,12)13/h3-4H2,1-2H3,(H,11,12,13). The van der Waals surface area contributed by atoms with Gasteiger partial charge in [0, 0.05) is 13.1 Å². The molecule has 1 N–H and O–H groups in total. The van der Waals surface area contributed by atoms with Crippen LogP contribution in [-0.2, 0) is 20.1 Å². The SMILES string of the molecule is CCN(CC)S(=O)(=O)C(F)(F)S(=O)(=O)O. The molecular formula is C5H11F2NO5S2. The van der Waals surface area contributed by atoms with Crippen molar-refractivity contribution in [3.05, 3.63) is 0 Å². The third kappa shape index (κ3) is 2.44. The number of hydrogen-bond donors (Lipinski definition) is 1. The van der Waals surface area contributed by atoms with E-state index in [1.54, 1.807) is 0 Å². The molecule has 0 rings (SSSR count). The Balaban J connectivity index is 5.59. The van der Waals surface area contributed by atoms with E-state index < -0.39 is 24.7 Å². The topological polar surface area (TPSA) is 91.8 Å². The van der Waals surface area contributed by atoms with Gasteiger partial charge < -0.3 is 0 Å². The zero-order valence-electron chi connectivity index (χ0n) is 8.01. The van der Waals surface area contributed by atoms with Gasteiger partial charge in [-0.3, -0.25) is 4.55 Å². The van der Waals surface area contributed by atoms with Crippen molar-refractivity contribution in [1.29, 1.82) is 0 Å². The average molecular weight is 267 g/mol. The molecule has 0 saturated carbocycles. The maximum Gasteiger partial charge on any atom is 0.484 e. The molecule has 0 atom stereocenters. The lowest BCUT2D eigenvalue weighted by Crippen LogP contribution is -2.47. The van der Waals surface area contributed by atoms with Gasteiger partial charge in [-0.1, -0.05) is 13.8 Å². The summed E-state index contributed by atoms with van der Waals surface area (Å²) < 4.78 is 71.6. The molecule has 92 valence electrons. The fraction of sp³-hybridized carbons (Fsp3) is 1.00. The molecule has 0 saturated heterocycles. The largest absolute Gasteiger partial charge is 0.484 e. The fourth-order valence-corrected chi connectivity index (χ4v) is 3.21. The Kier molecular flexibility index (Phi) is 4.18. The molecule has 0 radical (unpaired) electrons. The summed E-state index contributed by atoms with van der Waals surface area (Å²) in [6.45, 7) is 1.90. The molecular weight excluding hydrogens is 256 g/mol. The summed E-state index contributed by atoms with van der Waals surface area (Å²) in [5, 5.41) is 0. The van der Waals surface area contributed by atoms with Gasteiger partial charge >= 0.3 is 14.7 Å². The predicted molar refractivity (Wildman–Crippen MR) is 48.3 cm³/mol. The molecule has 0 aromatic carbocycles. The quantitative estimate of drug-likeness (QED) is 0.713. The Labute approximate surface area is 86.7 Å². The third-order valence-corrected chi connectivity index (χ3v) is 5.31. The minimum atomic E-state index is -5.99. The van der Waals surface area contributed by atoms with Crippen LogP contribution >= 0.6 is 0 Å². The highest BCUT2D eigenvalue weighted by atomic mass is 32.3. The first-order chi connectivity index (χ1) is 6.52. The van der Waals surface area contributed by atoms with Crippen LogP contribution in [0.3, 0.4) is 0 Å². The molecule has 0 aliphatic heterocycles. The second kappa shape index (κ2) is 4.28. The van der Waals surface area contributed by atoms with Crippen LogP contribution in [0, 0.1) is 0 Å². The number of alkyl halides is 2. The Morgan fingerprint density at radius 3 is 1.67 bits per heavy atom. The van der Waals surface area contributed by atoms with Gasteiger partial charge in [0.15, 0.2) is 0 Å². The highest BCUT2D eigenvalue weighted by Crippen LogP contribution is 2.30. The molecule has 10 heteroatoms. The van der Waals surface area contributed by atoms with Crippen LogP contribution in [0.4, 0.5) is 8.78 Å². The second-order valence-corrected chi connectivity index (χ2v) is 6.23. The van der Waals surface area contributed by atoms with Crippen LogP contribution in [-0.4, -0.2) is 43.4 Å². The molecule has 0 spiro atoms. The number of nitrogens with zero attached hydrogens (tertiary/aromatic N) is 1. The van der Waals surface area contributed by atoms with Gasteiger partial charge in [0.2, 0.25) is 0 Å². The molecule has 6 nitrogen and oxygen atoms in total. The maximum atomic E-state index is 12.9. The molecule has 0 amide bonds. The summed E-state index contributed by atoms with van der Waals surface area (Å²) >= 11 is 0. The number of halogens is 2. The Hall–Kier alpha value is -0.320. The van der Waals surface area contributed by atoms with Crippen molar-refractivity contribution in [3.63, 3.8) is 0 Å². The third-order valence-electron chi connectivity index (χ3n) is 1.65. The van der Waals surface area contributed by atoms with Crippen LogP contribution in [0.25, 0.3) is 0 Å². The van der Waals surface area contributed by atoms with Gasteiger partial charge in [-0.2, -0.15) is 21.5 Å². The first kappa shape index (κ1) is 14.7. The number of sulfonamides is 1. The van der Waals surface area contributed by atoms with E-state index in [-0.39, 0.29) is 17.4 Å². The van der Waals surface area contributed by atoms with Gasteiger partial charge in [0.05, 0.1) is 0 Å². The summed E-state index contributed by atoms with van der Waals surface area (Å²) in [5.41, 5.74) is 0. The summed E-state index contributed by atoms with van der Waals surface area (Å²) in [6.07, 6.45) is 0. The molecule has 0 aromatic heterocycles. The van der Waals surface area contributed by atoms with Crippen LogP contribution in [0.5, 0.6) is 0 Å². The zero-order valence-corrected chi connectivity index (χ0v) is 9.65. The normalized spacial score (nSPS) is 14.5. The van der Waals surface area contributed by atoms with E-state index >= 15 is 0 Å². The van der Waals surface area contributed by atoms with Crippen LogP contribution in [0.15, 0.2) is 0 Å². The molecule has 0 aromatic rings. The summed E-state index contributed by atoms with van der Waals surface area (Å²) in [6, 6.07) is 0. The summed E-state index contributed by atoms with van der Waals surface area (Å²) in [7, 11) is -11.4.